The molecule has 1 amide bonds. The first kappa shape index (κ1) is 16.2. The smallest absolute Gasteiger partial charge is 0.375 e. The van der Waals surface area contributed by atoms with Gasteiger partial charge < -0.3 is 9.64 Å². The lowest BCUT2D eigenvalue weighted by Crippen LogP contribution is -2.59. The molecule has 2 atom stereocenters. The third-order valence-electron chi connectivity index (χ3n) is 4.47. The maximum absolute atomic E-state index is 13.1. The number of carbonyl (C=O) groups excluding carboxylic acids is 1. The molecule has 1 aromatic rings. The minimum Gasteiger partial charge on any atom is -0.375 e. The van der Waals surface area contributed by atoms with Crippen molar-refractivity contribution in [1.29, 1.82) is 0 Å². The standard InChI is InChI=1S/C15H18F3N3O2/c1-20-7-8-23-12-4-6-21(9-11(12)20)14(22)13-10(15(16,17)18)3-2-5-19-13/h2-3,5,11-12H,4,6-9H2,1H3/t11-,12+/m0/s1. The maximum atomic E-state index is 13.1. The second kappa shape index (κ2) is 6.09. The minimum absolute atomic E-state index is 0.0134. The number of aromatic nitrogens is 1. The van der Waals surface area contributed by atoms with E-state index in [0.29, 0.717) is 26.1 Å². The van der Waals surface area contributed by atoms with Crippen LogP contribution in [0, 0.1) is 0 Å². The van der Waals surface area contributed by atoms with Gasteiger partial charge in [-0.25, -0.2) is 0 Å². The zero-order chi connectivity index (χ0) is 16.6. The quantitative estimate of drug-likeness (QED) is 0.786. The zero-order valence-corrected chi connectivity index (χ0v) is 12.7. The van der Waals surface area contributed by atoms with Gasteiger partial charge in [0.2, 0.25) is 0 Å². The predicted molar refractivity (Wildman–Crippen MR) is 75.9 cm³/mol. The number of likely N-dealkylation sites (tertiary alicyclic amines) is 1. The summed E-state index contributed by atoms with van der Waals surface area (Å²) in [6, 6.07) is 2.09. The normalized spacial score (nSPS) is 26.0. The summed E-state index contributed by atoms with van der Waals surface area (Å²) >= 11 is 0. The van der Waals surface area contributed by atoms with Crippen LogP contribution in [0.4, 0.5) is 13.2 Å². The monoisotopic (exact) mass is 329 g/mol. The van der Waals surface area contributed by atoms with Crippen LogP contribution in [0.2, 0.25) is 0 Å². The molecule has 3 rings (SSSR count). The molecule has 23 heavy (non-hydrogen) atoms. The van der Waals surface area contributed by atoms with Gasteiger partial charge in [0.1, 0.15) is 5.69 Å². The number of pyridine rings is 1. The lowest BCUT2D eigenvalue weighted by molar-refractivity contribution is -0.138. The molecule has 0 radical (unpaired) electrons. The lowest BCUT2D eigenvalue weighted by atomic mass is 9.98. The van der Waals surface area contributed by atoms with Crippen LogP contribution in [-0.2, 0) is 10.9 Å². The fourth-order valence-electron chi connectivity index (χ4n) is 3.18. The summed E-state index contributed by atoms with van der Waals surface area (Å²) < 4.78 is 44.9. The Hall–Kier alpha value is -1.67. The molecule has 0 bridgehead atoms. The summed E-state index contributed by atoms with van der Waals surface area (Å²) in [5.41, 5.74) is -1.52. The van der Waals surface area contributed by atoms with Gasteiger partial charge in [0, 0.05) is 25.8 Å². The second-order valence-electron chi connectivity index (χ2n) is 5.89. The molecular weight excluding hydrogens is 311 g/mol. The summed E-state index contributed by atoms with van der Waals surface area (Å²) in [7, 11) is 1.94. The van der Waals surface area contributed by atoms with E-state index in [1.807, 2.05) is 7.05 Å². The number of rotatable bonds is 1. The van der Waals surface area contributed by atoms with E-state index in [0.717, 1.165) is 12.6 Å². The highest BCUT2D eigenvalue weighted by Gasteiger charge is 2.40. The molecule has 2 saturated heterocycles. The van der Waals surface area contributed by atoms with E-state index in [-0.39, 0.29) is 12.1 Å². The van der Waals surface area contributed by atoms with Crippen molar-refractivity contribution in [3.8, 4) is 0 Å². The largest absolute Gasteiger partial charge is 0.418 e. The van der Waals surface area contributed by atoms with Crippen molar-refractivity contribution < 1.29 is 22.7 Å². The number of carbonyl (C=O) groups is 1. The minimum atomic E-state index is -4.59. The first-order valence-corrected chi connectivity index (χ1v) is 7.51. The fourth-order valence-corrected chi connectivity index (χ4v) is 3.18. The molecule has 126 valence electrons. The van der Waals surface area contributed by atoms with Crippen LogP contribution >= 0.6 is 0 Å². The third-order valence-corrected chi connectivity index (χ3v) is 4.47. The summed E-state index contributed by atoms with van der Waals surface area (Å²) in [6.07, 6.45) is -2.73. The van der Waals surface area contributed by atoms with Crippen molar-refractivity contribution >= 4 is 5.91 Å². The highest BCUT2D eigenvalue weighted by Crippen LogP contribution is 2.32. The van der Waals surface area contributed by atoms with Crippen LogP contribution in [0.3, 0.4) is 0 Å². The Labute approximate surface area is 132 Å². The second-order valence-corrected chi connectivity index (χ2v) is 5.89. The molecule has 2 fully saturated rings. The van der Waals surface area contributed by atoms with Gasteiger partial charge in [-0.05, 0) is 25.6 Å². The number of fused-ring (bicyclic) bond motifs is 1. The van der Waals surface area contributed by atoms with Crippen LogP contribution < -0.4 is 0 Å². The average molecular weight is 329 g/mol. The van der Waals surface area contributed by atoms with Crippen molar-refractivity contribution in [2.24, 2.45) is 0 Å². The number of halogens is 3. The van der Waals surface area contributed by atoms with Gasteiger partial charge in [0.05, 0.1) is 24.3 Å². The summed E-state index contributed by atoms with van der Waals surface area (Å²) in [6.45, 7) is 2.13. The Morgan fingerprint density at radius 2 is 2.17 bits per heavy atom. The molecule has 0 unspecified atom stereocenters. The summed E-state index contributed by atoms with van der Waals surface area (Å²) in [5.74, 6) is -0.671. The van der Waals surface area contributed by atoms with Gasteiger partial charge >= 0.3 is 6.18 Å². The van der Waals surface area contributed by atoms with Crippen molar-refractivity contribution in [3.63, 3.8) is 0 Å². The van der Waals surface area contributed by atoms with Crippen LogP contribution in [0.25, 0.3) is 0 Å². The molecule has 2 aliphatic rings. The van der Waals surface area contributed by atoms with Crippen LogP contribution in [0.1, 0.15) is 22.5 Å². The number of hydrogen-bond acceptors (Lipinski definition) is 4. The highest BCUT2D eigenvalue weighted by atomic mass is 19.4. The van der Waals surface area contributed by atoms with Gasteiger partial charge in [0.25, 0.3) is 5.91 Å². The number of nitrogens with zero attached hydrogens (tertiary/aromatic N) is 3. The molecule has 0 aliphatic carbocycles. The number of likely N-dealkylation sites (N-methyl/N-ethyl adjacent to an activating group) is 1. The number of ether oxygens (including phenoxy) is 1. The Morgan fingerprint density at radius 3 is 2.91 bits per heavy atom. The van der Waals surface area contributed by atoms with Gasteiger partial charge in [-0.1, -0.05) is 0 Å². The van der Waals surface area contributed by atoms with E-state index in [2.05, 4.69) is 9.88 Å². The van der Waals surface area contributed by atoms with Crippen LogP contribution in [0.5, 0.6) is 0 Å². The molecule has 0 aromatic carbocycles. The van der Waals surface area contributed by atoms with E-state index >= 15 is 0 Å². The molecule has 5 nitrogen and oxygen atoms in total. The van der Waals surface area contributed by atoms with Crippen LogP contribution in [0.15, 0.2) is 18.3 Å². The Morgan fingerprint density at radius 1 is 1.39 bits per heavy atom. The van der Waals surface area contributed by atoms with E-state index in [1.165, 1.54) is 17.2 Å². The number of alkyl halides is 3. The maximum Gasteiger partial charge on any atom is 0.418 e. The number of piperidine rings is 1. The zero-order valence-electron chi connectivity index (χ0n) is 12.7. The molecule has 1 aromatic heterocycles. The first-order chi connectivity index (χ1) is 10.9. The van der Waals surface area contributed by atoms with E-state index in [1.54, 1.807) is 0 Å². The Bertz CT molecular complexity index is 594. The highest BCUT2D eigenvalue weighted by molar-refractivity contribution is 5.94. The predicted octanol–water partition coefficient (Wildman–Crippen LogP) is 1.65. The molecule has 0 spiro atoms. The average Bonchev–Trinajstić information content (AvgIpc) is 2.53. The number of morpholine rings is 1. The number of hydrogen-bond donors (Lipinski definition) is 0. The van der Waals surface area contributed by atoms with Gasteiger partial charge in [-0.15, -0.1) is 0 Å². The van der Waals surface area contributed by atoms with Crippen LogP contribution in [-0.4, -0.2) is 66.1 Å². The van der Waals surface area contributed by atoms with Gasteiger partial charge in [-0.2, -0.15) is 13.2 Å². The topological polar surface area (TPSA) is 45.7 Å². The van der Waals surface area contributed by atoms with Crippen molar-refractivity contribution in [2.75, 3.05) is 33.3 Å². The lowest BCUT2D eigenvalue weighted by Gasteiger charge is -2.45. The van der Waals surface area contributed by atoms with Crippen molar-refractivity contribution in [3.05, 3.63) is 29.6 Å². The third kappa shape index (κ3) is 3.18. The first-order valence-electron chi connectivity index (χ1n) is 7.51. The molecule has 3 heterocycles. The Kier molecular flexibility index (Phi) is 4.29. The SMILES string of the molecule is CN1CCO[C@@H]2CCN(C(=O)c3ncccc3C(F)(F)F)C[C@@H]21. The molecule has 0 N–H and O–H groups in total. The summed E-state index contributed by atoms with van der Waals surface area (Å²) in [5, 5.41) is 0. The molecule has 8 heteroatoms. The number of amides is 1. The fraction of sp³-hybridized carbons (Fsp3) is 0.600. The summed E-state index contributed by atoms with van der Waals surface area (Å²) in [4.78, 5) is 19.8. The van der Waals surface area contributed by atoms with E-state index in [4.69, 9.17) is 4.74 Å². The molecular formula is C15H18F3N3O2. The Balaban J connectivity index is 1.82. The van der Waals surface area contributed by atoms with Crippen molar-refractivity contribution in [1.82, 2.24) is 14.8 Å². The van der Waals surface area contributed by atoms with Gasteiger partial charge in [-0.3, -0.25) is 14.7 Å². The van der Waals surface area contributed by atoms with E-state index < -0.39 is 23.3 Å². The van der Waals surface area contributed by atoms with E-state index in [9.17, 15) is 18.0 Å². The molecule has 2 aliphatic heterocycles. The van der Waals surface area contributed by atoms with Gasteiger partial charge in [0.15, 0.2) is 0 Å². The van der Waals surface area contributed by atoms with Crippen molar-refractivity contribution in [2.45, 2.75) is 24.7 Å². The molecule has 0 saturated carbocycles.